The van der Waals surface area contributed by atoms with E-state index in [2.05, 4.69) is 24.5 Å². The van der Waals surface area contributed by atoms with Crippen molar-refractivity contribution in [3.8, 4) is 0 Å². The molecule has 1 saturated heterocycles. The maximum Gasteiger partial charge on any atom is 0.407 e. The Hall–Kier alpha value is -2.12. The minimum Gasteiger partial charge on any atom is -0.445 e. The third-order valence-corrected chi connectivity index (χ3v) is 7.14. The number of hydroxylamine groups is 2. The van der Waals surface area contributed by atoms with E-state index >= 15 is 0 Å². The minimum absolute atomic E-state index is 0.00236. The van der Waals surface area contributed by atoms with E-state index in [-0.39, 0.29) is 36.4 Å². The molecule has 1 aliphatic heterocycles. The molecule has 1 aromatic rings. The second-order valence-electron chi connectivity index (χ2n) is 11.9. The first kappa shape index (κ1) is 26.5. The smallest absolute Gasteiger partial charge is 0.407 e. The van der Waals surface area contributed by atoms with Crippen LogP contribution in [0.3, 0.4) is 0 Å². The van der Waals surface area contributed by atoms with Crippen LogP contribution in [0, 0.1) is 17.8 Å². The number of alkyl carbamates (subject to hydrolysis) is 1. The molecule has 0 unspecified atom stereocenters. The molecule has 3 atom stereocenters. The maximum atomic E-state index is 12.8. The summed E-state index contributed by atoms with van der Waals surface area (Å²) in [5, 5.41) is 20.0. The topological polar surface area (TPSA) is 90.6 Å². The van der Waals surface area contributed by atoms with Gasteiger partial charge in [-0.2, -0.15) is 0 Å². The van der Waals surface area contributed by atoms with Gasteiger partial charge in [0.25, 0.3) is 0 Å². The molecule has 7 nitrogen and oxygen atoms in total. The van der Waals surface area contributed by atoms with Crippen LogP contribution >= 0.6 is 0 Å². The van der Waals surface area contributed by atoms with Crippen LogP contribution in [0.1, 0.15) is 79.2 Å². The molecular weight excluding hydrogens is 430 g/mol. The number of piperidine rings is 1. The summed E-state index contributed by atoms with van der Waals surface area (Å²) in [4.78, 5) is 25.3. The van der Waals surface area contributed by atoms with E-state index in [9.17, 15) is 14.8 Å². The quantitative estimate of drug-likeness (QED) is 0.538. The van der Waals surface area contributed by atoms with Gasteiger partial charge in [-0.05, 0) is 76.7 Å². The Bertz CT molecular complexity index is 822. The monoisotopic (exact) mass is 472 g/mol. The van der Waals surface area contributed by atoms with Crippen molar-refractivity contribution < 1.29 is 19.5 Å². The number of hydrogen-bond acceptors (Lipinski definition) is 4. The molecule has 1 aromatic carbocycles. The van der Waals surface area contributed by atoms with E-state index in [0.29, 0.717) is 25.2 Å². The van der Waals surface area contributed by atoms with E-state index in [1.54, 1.807) is 0 Å². The van der Waals surface area contributed by atoms with Crippen molar-refractivity contribution in [1.29, 1.82) is 0 Å². The predicted molar refractivity (Wildman–Crippen MR) is 131 cm³/mol. The standard InChI is InChI=1S/C27H42N3O4/c1-18(2)12-23(29-25(32)34-17-19-10-8-7-9-11-19)22-13-20(22)14-24(31)28-21-15-26(3,4)30(33)27(5,6)16-21/h7-11,18,20-23H,12-17H2,1-6H3,(H,28,31)(H,29,32)/t20-,22+,23-/m0/s1. The molecule has 3 rings (SSSR count). The Balaban J connectivity index is 1.48. The van der Waals surface area contributed by atoms with E-state index in [1.165, 1.54) is 5.06 Å². The van der Waals surface area contributed by atoms with Gasteiger partial charge < -0.3 is 15.4 Å². The summed E-state index contributed by atoms with van der Waals surface area (Å²) in [7, 11) is 0. The molecule has 189 valence electrons. The number of nitrogens with zero attached hydrogens (tertiary/aromatic N) is 1. The van der Waals surface area contributed by atoms with Crippen molar-refractivity contribution in [2.24, 2.45) is 17.8 Å². The number of benzene rings is 1. The molecule has 1 aliphatic carbocycles. The Morgan fingerprint density at radius 2 is 1.71 bits per heavy atom. The van der Waals surface area contributed by atoms with Gasteiger partial charge in [0.1, 0.15) is 6.61 Å². The predicted octanol–water partition coefficient (Wildman–Crippen LogP) is 4.84. The van der Waals surface area contributed by atoms with Crippen molar-refractivity contribution in [1.82, 2.24) is 15.7 Å². The number of ether oxygens (including phenoxy) is 1. The fourth-order valence-electron chi connectivity index (χ4n) is 5.65. The molecule has 7 heteroatoms. The van der Waals surface area contributed by atoms with Crippen molar-refractivity contribution in [3.63, 3.8) is 0 Å². The second kappa shape index (κ2) is 10.6. The van der Waals surface area contributed by atoms with Gasteiger partial charge >= 0.3 is 6.09 Å². The van der Waals surface area contributed by atoms with Gasteiger partial charge in [-0.1, -0.05) is 44.2 Å². The second-order valence-corrected chi connectivity index (χ2v) is 11.9. The third-order valence-electron chi connectivity index (χ3n) is 7.14. The van der Waals surface area contributed by atoms with Crippen LogP contribution in [-0.2, 0) is 21.3 Å². The van der Waals surface area contributed by atoms with Crippen LogP contribution < -0.4 is 10.6 Å². The summed E-state index contributed by atoms with van der Waals surface area (Å²) in [5.41, 5.74) is -0.0595. The minimum atomic E-state index is -0.506. The Morgan fingerprint density at radius 3 is 2.29 bits per heavy atom. The molecule has 0 spiro atoms. The van der Waals surface area contributed by atoms with E-state index in [0.717, 1.165) is 18.4 Å². The van der Waals surface area contributed by atoms with Crippen LogP contribution in [0.15, 0.2) is 30.3 Å². The molecule has 1 radical (unpaired) electrons. The highest BCUT2D eigenvalue weighted by Crippen LogP contribution is 2.45. The molecule has 2 aliphatic rings. The Labute approximate surface area is 204 Å². The number of amides is 2. The summed E-state index contributed by atoms with van der Waals surface area (Å²) in [6.07, 6.45) is 3.12. The highest BCUT2D eigenvalue weighted by Gasteiger charge is 2.48. The summed E-state index contributed by atoms with van der Waals surface area (Å²) in [6.45, 7) is 12.3. The number of nitrogens with one attached hydrogen (secondary N) is 2. The molecule has 2 fully saturated rings. The summed E-state index contributed by atoms with van der Waals surface area (Å²) < 4.78 is 5.42. The lowest BCUT2D eigenvalue weighted by atomic mass is 9.79. The van der Waals surface area contributed by atoms with Crippen LogP contribution in [0.25, 0.3) is 0 Å². The van der Waals surface area contributed by atoms with Crippen molar-refractivity contribution in [2.45, 2.75) is 103 Å². The lowest BCUT2D eigenvalue weighted by Gasteiger charge is -2.50. The molecule has 0 bridgehead atoms. The van der Waals surface area contributed by atoms with Crippen molar-refractivity contribution in [3.05, 3.63) is 35.9 Å². The van der Waals surface area contributed by atoms with Gasteiger partial charge in [0.05, 0.1) is 0 Å². The number of rotatable bonds is 9. The van der Waals surface area contributed by atoms with Crippen LogP contribution in [-0.4, -0.2) is 40.2 Å². The number of hydrogen-bond donors (Lipinski definition) is 2. The molecule has 2 amide bonds. The molecule has 1 heterocycles. The molecule has 2 N–H and O–H groups in total. The Morgan fingerprint density at radius 1 is 1.09 bits per heavy atom. The fraction of sp³-hybridized carbons (Fsp3) is 0.704. The normalized spacial score (nSPS) is 24.9. The van der Waals surface area contributed by atoms with Crippen molar-refractivity contribution in [2.75, 3.05) is 0 Å². The Kier molecular flexibility index (Phi) is 8.30. The zero-order chi connectivity index (χ0) is 25.1. The van der Waals surface area contributed by atoms with Gasteiger partial charge in [0, 0.05) is 29.6 Å². The first-order valence-corrected chi connectivity index (χ1v) is 12.6. The van der Waals surface area contributed by atoms with Gasteiger partial charge in [0.15, 0.2) is 0 Å². The molecule has 1 saturated carbocycles. The lowest BCUT2D eigenvalue weighted by Crippen LogP contribution is -2.62. The first-order valence-electron chi connectivity index (χ1n) is 12.6. The molecular formula is C27H42N3O4. The van der Waals surface area contributed by atoms with Gasteiger partial charge in [-0.3, -0.25) is 4.79 Å². The van der Waals surface area contributed by atoms with Crippen molar-refractivity contribution >= 4 is 12.0 Å². The van der Waals surface area contributed by atoms with E-state index in [1.807, 2.05) is 58.0 Å². The molecule has 34 heavy (non-hydrogen) atoms. The average molecular weight is 473 g/mol. The first-order chi connectivity index (χ1) is 15.9. The highest BCUT2D eigenvalue weighted by molar-refractivity contribution is 5.77. The van der Waals surface area contributed by atoms with Gasteiger partial charge in [0.2, 0.25) is 5.91 Å². The number of carbonyl (C=O) groups excluding carboxylic acids is 2. The van der Waals surface area contributed by atoms with Gasteiger partial charge in [-0.25, -0.2) is 4.79 Å². The number of carbonyl (C=O) groups is 2. The zero-order valence-corrected chi connectivity index (χ0v) is 21.6. The maximum absolute atomic E-state index is 12.8. The average Bonchev–Trinajstić information content (AvgIpc) is 3.49. The summed E-state index contributed by atoms with van der Waals surface area (Å²) >= 11 is 0. The highest BCUT2D eigenvalue weighted by atomic mass is 16.5. The SMILES string of the molecule is CC(C)C[C@H](NC(=O)OCc1ccccc1)[C@@H]1C[C@H]1CC(=O)NC1CC(C)(C)N([O])C(C)(C)C1. The van der Waals surface area contributed by atoms with Gasteiger partial charge in [-0.15, -0.1) is 10.3 Å². The van der Waals surface area contributed by atoms with E-state index < -0.39 is 17.2 Å². The van der Waals surface area contributed by atoms with E-state index in [4.69, 9.17) is 4.74 Å². The zero-order valence-electron chi connectivity index (χ0n) is 21.6. The van der Waals surface area contributed by atoms with Crippen LogP contribution in [0.2, 0.25) is 0 Å². The summed E-state index contributed by atoms with van der Waals surface area (Å²) in [6, 6.07) is 9.63. The van der Waals surface area contributed by atoms with Crippen LogP contribution in [0.4, 0.5) is 4.79 Å². The van der Waals surface area contributed by atoms with Crippen LogP contribution in [0.5, 0.6) is 0 Å². The largest absolute Gasteiger partial charge is 0.445 e. The summed E-state index contributed by atoms with van der Waals surface area (Å²) in [5.74, 6) is 1.02. The lowest BCUT2D eigenvalue weighted by molar-refractivity contribution is -0.290. The third kappa shape index (κ3) is 7.19. The fourth-order valence-corrected chi connectivity index (χ4v) is 5.65. The molecule has 0 aromatic heterocycles.